The van der Waals surface area contributed by atoms with Crippen molar-refractivity contribution >= 4 is 11.9 Å². The molecule has 0 aliphatic rings. The summed E-state index contributed by atoms with van der Waals surface area (Å²) in [6, 6.07) is 0. The molecule has 0 unspecified atom stereocenters. The molecule has 15 heavy (non-hydrogen) atoms. The van der Waals surface area contributed by atoms with E-state index < -0.39 is 0 Å². The van der Waals surface area contributed by atoms with Gasteiger partial charge in [0.2, 0.25) is 5.95 Å². The van der Waals surface area contributed by atoms with Crippen LogP contribution in [0.25, 0.3) is 0 Å². The maximum atomic E-state index is 4.97. The second-order valence-corrected chi connectivity index (χ2v) is 2.80. The Morgan fingerprint density at radius 3 is 2.60 bits per heavy atom. The van der Waals surface area contributed by atoms with Crippen LogP contribution in [0.5, 0.6) is 0 Å². The van der Waals surface area contributed by atoms with Crippen LogP contribution >= 0.6 is 0 Å². The third-order valence-corrected chi connectivity index (χ3v) is 1.67. The Bertz CT molecular complexity index is 320. The van der Waals surface area contributed by atoms with Crippen LogP contribution in [0.2, 0.25) is 0 Å². The quantitative estimate of drug-likeness (QED) is 0.553. The summed E-state index contributed by atoms with van der Waals surface area (Å²) in [5, 5.41) is 4.34. The highest BCUT2D eigenvalue weighted by Gasteiger charge is 2.07. The molecule has 1 heterocycles. The molecule has 0 atom stereocenters. The molecule has 1 aromatic heterocycles. The minimum Gasteiger partial charge on any atom is -0.364 e. The highest BCUT2D eigenvalue weighted by atomic mass is 16.7. The molecule has 0 saturated heterocycles. The third kappa shape index (κ3) is 3.30. The molecule has 7 heteroatoms. The standard InChI is InChI=1S/C8H15N5O2/c1-6-10-7(9-5-14-3)12-8(11-6)13(2)15-4/h5H2,1-4H3,(H,9,10,11,12). The predicted octanol–water partition coefficient (Wildman–Crippen LogP) is 0.193. The first kappa shape index (κ1) is 11.6. The fraction of sp³-hybridized carbons (Fsp3) is 0.625. The molecule has 0 radical (unpaired) electrons. The number of aryl methyl sites for hydroxylation is 1. The lowest BCUT2D eigenvalue weighted by Crippen LogP contribution is -2.20. The number of nitrogens with zero attached hydrogens (tertiary/aromatic N) is 4. The maximum Gasteiger partial charge on any atom is 0.254 e. The molecule has 1 aromatic rings. The van der Waals surface area contributed by atoms with Crippen molar-refractivity contribution < 1.29 is 9.57 Å². The highest BCUT2D eigenvalue weighted by Crippen LogP contribution is 2.08. The number of methoxy groups -OCH3 is 1. The number of ether oxygens (including phenoxy) is 1. The first-order chi connectivity index (χ1) is 7.17. The van der Waals surface area contributed by atoms with Gasteiger partial charge in [0.15, 0.2) is 0 Å². The van der Waals surface area contributed by atoms with Crippen LogP contribution in [-0.4, -0.2) is 43.0 Å². The summed E-state index contributed by atoms with van der Waals surface area (Å²) in [4.78, 5) is 17.3. The minimum absolute atomic E-state index is 0.347. The fourth-order valence-electron chi connectivity index (χ4n) is 0.906. The lowest BCUT2D eigenvalue weighted by molar-refractivity contribution is 0.179. The Labute approximate surface area is 88.4 Å². The normalized spacial score (nSPS) is 10.1. The lowest BCUT2D eigenvalue weighted by atomic mass is 10.7. The van der Waals surface area contributed by atoms with E-state index in [0.29, 0.717) is 24.5 Å². The number of anilines is 2. The average Bonchev–Trinajstić information content (AvgIpc) is 2.24. The Balaban J connectivity index is 2.84. The fourth-order valence-corrected chi connectivity index (χ4v) is 0.906. The summed E-state index contributed by atoms with van der Waals surface area (Å²) in [7, 11) is 4.85. The van der Waals surface area contributed by atoms with E-state index in [4.69, 9.17) is 9.57 Å². The molecule has 0 saturated carbocycles. The summed E-state index contributed by atoms with van der Waals surface area (Å²) in [6.07, 6.45) is 0. The van der Waals surface area contributed by atoms with Gasteiger partial charge in [0, 0.05) is 14.2 Å². The van der Waals surface area contributed by atoms with Crippen molar-refractivity contribution in [2.45, 2.75) is 6.92 Å². The van der Waals surface area contributed by atoms with Crippen LogP contribution in [0.1, 0.15) is 5.82 Å². The van der Waals surface area contributed by atoms with E-state index >= 15 is 0 Å². The van der Waals surface area contributed by atoms with E-state index in [1.165, 1.54) is 5.06 Å². The second-order valence-electron chi connectivity index (χ2n) is 2.80. The molecule has 0 aliphatic carbocycles. The minimum atomic E-state index is 0.347. The van der Waals surface area contributed by atoms with E-state index in [9.17, 15) is 0 Å². The summed E-state index contributed by atoms with van der Waals surface area (Å²) in [5.41, 5.74) is 0. The first-order valence-corrected chi connectivity index (χ1v) is 4.40. The summed E-state index contributed by atoms with van der Waals surface area (Å²) >= 11 is 0. The molecule has 0 fully saturated rings. The molecule has 84 valence electrons. The zero-order valence-electron chi connectivity index (χ0n) is 9.31. The van der Waals surface area contributed by atoms with Crippen molar-refractivity contribution in [3.63, 3.8) is 0 Å². The van der Waals surface area contributed by atoms with E-state index in [1.807, 2.05) is 0 Å². The smallest absolute Gasteiger partial charge is 0.254 e. The molecule has 7 nitrogen and oxygen atoms in total. The SMILES string of the molecule is COCNc1nc(C)nc(N(C)OC)n1. The van der Waals surface area contributed by atoms with Crippen molar-refractivity contribution in [1.29, 1.82) is 0 Å². The monoisotopic (exact) mass is 213 g/mol. The van der Waals surface area contributed by atoms with Gasteiger partial charge in [0.05, 0.1) is 7.11 Å². The lowest BCUT2D eigenvalue weighted by Gasteiger charge is -2.14. The van der Waals surface area contributed by atoms with Gasteiger partial charge < -0.3 is 10.1 Å². The van der Waals surface area contributed by atoms with Gasteiger partial charge in [-0.1, -0.05) is 0 Å². The van der Waals surface area contributed by atoms with Crippen molar-refractivity contribution in [3.05, 3.63) is 5.82 Å². The van der Waals surface area contributed by atoms with Gasteiger partial charge in [-0.05, 0) is 6.92 Å². The van der Waals surface area contributed by atoms with Crippen molar-refractivity contribution in [3.8, 4) is 0 Å². The average molecular weight is 213 g/mol. The van der Waals surface area contributed by atoms with Gasteiger partial charge in [0.25, 0.3) is 5.95 Å². The van der Waals surface area contributed by atoms with Gasteiger partial charge in [-0.2, -0.15) is 15.0 Å². The summed E-state index contributed by atoms with van der Waals surface area (Å²) in [6.45, 7) is 2.13. The van der Waals surface area contributed by atoms with Crippen LogP contribution in [0.3, 0.4) is 0 Å². The van der Waals surface area contributed by atoms with Crippen LogP contribution in [0.4, 0.5) is 11.9 Å². The molecular formula is C8H15N5O2. The highest BCUT2D eigenvalue weighted by molar-refractivity contribution is 5.33. The Kier molecular flexibility index (Phi) is 4.19. The van der Waals surface area contributed by atoms with Crippen LogP contribution in [0.15, 0.2) is 0 Å². The van der Waals surface area contributed by atoms with E-state index in [2.05, 4.69) is 20.3 Å². The number of rotatable bonds is 5. The number of nitrogens with one attached hydrogen (secondary N) is 1. The number of hydrogen-bond acceptors (Lipinski definition) is 7. The Hall–Kier alpha value is -1.47. The van der Waals surface area contributed by atoms with Crippen molar-refractivity contribution in [2.75, 3.05) is 38.4 Å². The molecule has 1 N–H and O–H groups in total. The zero-order valence-corrected chi connectivity index (χ0v) is 9.31. The van der Waals surface area contributed by atoms with Gasteiger partial charge >= 0.3 is 0 Å². The second kappa shape index (κ2) is 5.42. The molecule has 0 spiro atoms. The summed E-state index contributed by atoms with van der Waals surface area (Å²) < 4.78 is 4.86. The zero-order chi connectivity index (χ0) is 11.3. The van der Waals surface area contributed by atoms with Gasteiger partial charge in [-0.25, -0.2) is 5.06 Å². The maximum absolute atomic E-state index is 4.97. The summed E-state index contributed by atoms with van der Waals surface area (Å²) in [5.74, 6) is 1.52. The molecule has 0 amide bonds. The third-order valence-electron chi connectivity index (χ3n) is 1.67. The predicted molar refractivity (Wildman–Crippen MR) is 55.5 cm³/mol. The van der Waals surface area contributed by atoms with Gasteiger partial charge in [0.1, 0.15) is 12.6 Å². The number of hydroxylamine groups is 1. The van der Waals surface area contributed by atoms with E-state index in [0.717, 1.165) is 0 Å². The Morgan fingerprint density at radius 1 is 1.27 bits per heavy atom. The van der Waals surface area contributed by atoms with E-state index in [-0.39, 0.29) is 0 Å². The molecule has 0 aliphatic heterocycles. The number of hydrogen-bond donors (Lipinski definition) is 1. The van der Waals surface area contributed by atoms with E-state index in [1.54, 1.807) is 28.2 Å². The van der Waals surface area contributed by atoms with Crippen LogP contribution in [-0.2, 0) is 9.57 Å². The topological polar surface area (TPSA) is 72.4 Å². The van der Waals surface area contributed by atoms with Gasteiger partial charge in [-0.3, -0.25) is 4.84 Å². The van der Waals surface area contributed by atoms with Crippen LogP contribution in [0, 0.1) is 6.92 Å². The van der Waals surface area contributed by atoms with Crippen molar-refractivity contribution in [2.24, 2.45) is 0 Å². The largest absolute Gasteiger partial charge is 0.364 e. The molecule has 0 bridgehead atoms. The number of aromatic nitrogens is 3. The first-order valence-electron chi connectivity index (χ1n) is 4.40. The molecule has 0 aromatic carbocycles. The van der Waals surface area contributed by atoms with Gasteiger partial charge in [-0.15, -0.1) is 0 Å². The molecule has 1 rings (SSSR count). The Morgan fingerprint density at radius 2 is 2.00 bits per heavy atom. The van der Waals surface area contributed by atoms with Crippen molar-refractivity contribution in [1.82, 2.24) is 15.0 Å². The van der Waals surface area contributed by atoms with Crippen LogP contribution < -0.4 is 10.4 Å². The molecular weight excluding hydrogens is 198 g/mol.